The molecule has 1 aliphatic heterocycles. The Morgan fingerprint density at radius 3 is 2.49 bits per heavy atom. The van der Waals surface area contributed by atoms with Gasteiger partial charge in [-0.1, -0.05) is 18.2 Å². The van der Waals surface area contributed by atoms with E-state index in [4.69, 9.17) is 21.7 Å². The number of methoxy groups -OCH3 is 2. The molecule has 3 heterocycles. The first-order valence-corrected chi connectivity index (χ1v) is 12.4. The zero-order valence-electron chi connectivity index (χ0n) is 21.1. The molecule has 2 atom stereocenters. The minimum absolute atomic E-state index is 0.168. The van der Waals surface area contributed by atoms with E-state index in [-0.39, 0.29) is 18.1 Å². The Morgan fingerprint density at radius 2 is 1.76 bits per heavy atom. The molecule has 1 fully saturated rings. The van der Waals surface area contributed by atoms with E-state index in [0.717, 1.165) is 39.8 Å². The van der Waals surface area contributed by atoms with Crippen molar-refractivity contribution in [3.8, 4) is 11.4 Å². The first-order chi connectivity index (χ1) is 17.9. The molecule has 2 aromatic heterocycles. The fourth-order valence-electron chi connectivity index (χ4n) is 5.08. The van der Waals surface area contributed by atoms with E-state index in [0.29, 0.717) is 10.7 Å². The first-order valence-electron chi connectivity index (χ1n) is 11.9. The second-order valence-corrected chi connectivity index (χ2v) is 9.29. The van der Waals surface area contributed by atoms with Gasteiger partial charge in [-0.15, -0.1) is 0 Å². The van der Waals surface area contributed by atoms with Crippen molar-refractivity contribution in [1.82, 2.24) is 14.9 Å². The molecule has 4 aromatic rings. The molecule has 0 radical (unpaired) electrons. The average Bonchev–Trinajstić information content (AvgIpc) is 3.43. The number of ether oxygens (including phenoxy) is 2. The molecule has 1 N–H and O–H groups in total. The maximum atomic E-state index is 12.2. The van der Waals surface area contributed by atoms with Crippen LogP contribution in [0.15, 0.2) is 79.0 Å². The van der Waals surface area contributed by atoms with Crippen LogP contribution in [0.3, 0.4) is 0 Å². The highest BCUT2D eigenvalue weighted by Gasteiger charge is 2.42. The molecule has 37 heavy (non-hydrogen) atoms. The van der Waals surface area contributed by atoms with E-state index in [2.05, 4.69) is 39.7 Å². The molecule has 7 nitrogen and oxygen atoms in total. The molecule has 1 saturated heterocycles. The lowest BCUT2D eigenvalue weighted by Gasteiger charge is -2.28. The van der Waals surface area contributed by atoms with Crippen LogP contribution >= 0.6 is 12.2 Å². The number of aromatic nitrogens is 2. The zero-order valence-corrected chi connectivity index (χ0v) is 22.0. The van der Waals surface area contributed by atoms with E-state index in [1.165, 1.54) is 7.11 Å². The molecule has 2 unspecified atom stereocenters. The quantitative estimate of drug-likeness (QED) is 0.272. The van der Waals surface area contributed by atoms with Crippen LogP contribution in [0.5, 0.6) is 5.75 Å². The van der Waals surface area contributed by atoms with Crippen molar-refractivity contribution >= 4 is 29.0 Å². The standard InChI is InChI=1S/C29H28N4O3S/c1-18-15-24(19(2)32(18)21-10-7-9-20(16-21)28(34)36-4)27-26(25-13-5-6-14-30-25)31-29(37)33(27)22-11-8-12-23(17-22)35-3/h5-17,26-27H,1-4H3,(H,31,37). The number of rotatable bonds is 6. The molecular weight excluding hydrogens is 484 g/mol. The molecule has 5 rings (SSSR count). The monoisotopic (exact) mass is 512 g/mol. The predicted octanol–water partition coefficient (Wildman–Crippen LogP) is 5.46. The molecule has 0 saturated carbocycles. The first kappa shape index (κ1) is 24.5. The van der Waals surface area contributed by atoms with Gasteiger partial charge < -0.3 is 24.3 Å². The normalized spacial score (nSPS) is 17.0. The number of carbonyl (C=O) groups is 1. The lowest BCUT2D eigenvalue weighted by atomic mass is 9.96. The number of anilines is 1. The van der Waals surface area contributed by atoms with Crippen LogP contribution in [0.2, 0.25) is 0 Å². The van der Waals surface area contributed by atoms with Crippen LogP contribution in [0.25, 0.3) is 5.69 Å². The number of carbonyl (C=O) groups excluding carboxylic acids is 1. The van der Waals surface area contributed by atoms with E-state index in [1.807, 2.05) is 60.7 Å². The van der Waals surface area contributed by atoms with Gasteiger partial charge in [0.1, 0.15) is 5.75 Å². The smallest absolute Gasteiger partial charge is 0.337 e. The van der Waals surface area contributed by atoms with Crippen LogP contribution in [0.1, 0.15) is 45.1 Å². The third kappa shape index (κ3) is 4.44. The Bertz CT molecular complexity index is 1470. The summed E-state index contributed by atoms with van der Waals surface area (Å²) in [5.74, 6) is 0.389. The summed E-state index contributed by atoms with van der Waals surface area (Å²) in [4.78, 5) is 19.0. The van der Waals surface area contributed by atoms with Gasteiger partial charge in [-0.25, -0.2) is 4.79 Å². The Hall–Kier alpha value is -4.17. The van der Waals surface area contributed by atoms with Crippen LogP contribution in [0, 0.1) is 13.8 Å². The van der Waals surface area contributed by atoms with Gasteiger partial charge in [-0.2, -0.15) is 0 Å². The van der Waals surface area contributed by atoms with E-state index < -0.39 is 0 Å². The maximum Gasteiger partial charge on any atom is 0.337 e. The number of nitrogens with zero attached hydrogens (tertiary/aromatic N) is 3. The van der Waals surface area contributed by atoms with Crippen molar-refractivity contribution in [3.63, 3.8) is 0 Å². The van der Waals surface area contributed by atoms with Crippen LogP contribution < -0.4 is 15.0 Å². The number of hydrogen-bond donors (Lipinski definition) is 1. The fraction of sp³-hybridized carbons (Fsp3) is 0.207. The topological polar surface area (TPSA) is 68.6 Å². The summed E-state index contributed by atoms with van der Waals surface area (Å²) >= 11 is 5.88. The number of nitrogens with one attached hydrogen (secondary N) is 1. The molecule has 0 bridgehead atoms. The van der Waals surface area contributed by atoms with Crippen LogP contribution in [-0.2, 0) is 4.74 Å². The van der Waals surface area contributed by atoms with Crippen molar-refractivity contribution in [2.45, 2.75) is 25.9 Å². The largest absolute Gasteiger partial charge is 0.497 e. The van der Waals surface area contributed by atoms with Crippen LogP contribution in [0.4, 0.5) is 5.69 Å². The van der Waals surface area contributed by atoms with Gasteiger partial charge in [0.25, 0.3) is 0 Å². The molecular formula is C29H28N4O3S. The number of pyridine rings is 1. The van der Waals surface area contributed by atoms with Crippen molar-refractivity contribution in [3.05, 3.63) is 107 Å². The number of benzene rings is 2. The maximum absolute atomic E-state index is 12.2. The summed E-state index contributed by atoms with van der Waals surface area (Å²) in [7, 11) is 3.05. The highest BCUT2D eigenvalue weighted by atomic mass is 32.1. The summed E-state index contributed by atoms with van der Waals surface area (Å²) in [6, 6.07) is 23.1. The fourth-order valence-corrected chi connectivity index (χ4v) is 5.43. The lowest BCUT2D eigenvalue weighted by Crippen LogP contribution is -2.29. The molecule has 188 valence electrons. The van der Waals surface area contributed by atoms with Crippen molar-refractivity contribution < 1.29 is 14.3 Å². The number of aryl methyl sites for hydroxylation is 1. The molecule has 0 amide bonds. The van der Waals surface area contributed by atoms with E-state index in [1.54, 1.807) is 19.4 Å². The highest BCUT2D eigenvalue weighted by molar-refractivity contribution is 7.80. The van der Waals surface area contributed by atoms with Gasteiger partial charge in [0.15, 0.2) is 5.11 Å². The summed E-state index contributed by atoms with van der Waals surface area (Å²) < 4.78 is 12.6. The summed E-state index contributed by atoms with van der Waals surface area (Å²) in [5, 5.41) is 4.13. The number of hydrogen-bond acceptors (Lipinski definition) is 5. The van der Waals surface area contributed by atoms with Gasteiger partial charge in [-0.05, 0) is 80.2 Å². The molecule has 1 aliphatic rings. The average molecular weight is 513 g/mol. The second kappa shape index (κ2) is 10.1. The van der Waals surface area contributed by atoms with Gasteiger partial charge in [-0.3, -0.25) is 4.98 Å². The SMILES string of the molecule is COC(=O)c1cccc(-n2c(C)cc(C3C(c4ccccn4)NC(=S)N3c3cccc(OC)c3)c2C)c1. The Kier molecular flexibility index (Phi) is 6.67. The Labute approximate surface area is 221 Å². The second-order valence-electron chi connectivity index (χ2n) is 8.90. The summed E-state index contributed by atoms with van der Waals surface area (Å²) in [6.45, 7) is 4.15. The lowest BCUT2D eigenvalue weighted by molar-refractivity contribution is 0.0600. The molecule has 2 aromatic carbocycles. The molecule has 0 spiro atoms. The molecule has 8 heteroatoms. The van der Waals surface area contributed by atoms with Crippen molar-refractivity contribution in [2.75, 3.05) is 19.1 Å². The molecule has 0 aliphatic carbocycles. The third-order valence-electron chi connectivity index (χ3n) is 6.74. The third-order valence-corrected chi connectivity index (χ3v) is 7.06. The Morgan fingerprint density at radius 1 is 0.973 bits per heavy atom. The van der Waals surface area contributed by atoms with Gasteiger partial charge in [0.05, 0.1) is 37.6 Å². The van der Waals surface area contributed by atoms with Gasteiger partial charge in [0.2, 0.25) is 0 Å². The predicted molar refractivity (Wildman–Crippen MR) is 148 cm³/mol. The van der Waals surface area contributed by atoms with Gasteiger partial charge >= 0.3 is 5.97 Å². The summed E-state index contributed by atoms with van der Waals surface area (Å²) in [5.41, 5.74) is 6.41. The number of thiocarbonyl (C=S) groups is 1. The highest BCUT2D eigenvalue weighted by Crippen LogP contribution is 2.44. The minimum atomic E-state index is -0.366. The summed E-state index contributed by atoms with van der Waals surface area (Å²) in [6.07, 6.45) is 1.80. The van der Waals surface area contributed by atoms with Crippen LogP contribution in [-0.4, -0.2) is 34.9 Å². The van der Waals surface area contributed by atoms with E-state index >= 15 is 0 Å². The van der Waals surface area contributed by atoms with E-state index in [9.17, 15) is 4.79 Å². The van der Waals surface area contributed by atoms with Gasteiger partial charge in [0, 0.05) is 35.0 Å². The zero-order chi connectivity index (χ0) is 26.1. The van der Waals surface area contributed by atoms with Crippen molar-refractivity contribution in [2.24, 2.45) is 0 Å². The number of esters is 1. The minimum Gasteiger partial charge on any atom is -0.497 e. The van der Waals surface area contributed by atoms with Crippen molar-refractivity contribution in [1.29, 1.82) is 0 Å². The Balaban J connectivity index is 1.67.